The SMILES string of the molecule is O=C1NC[C@@H]1N(Cc1ccc2c(c1)OCO2)C(=O)O. The van der Waals surface area contributed by atoms with Crippen molar-refractivity contribution in [2.45, 2.75) is 12.6 Å². The van der Waals surface area contributed by atoms with E-state index in [0.717, 1.165) is 10.5 Å². The fourth-order valence-corrected chi connectivity index (χ4v) is 2.08. The van der Waals surface area contributed by atoms with Gasteiger partial charge in [-0.2, -0.15) is 0 Å². The van der Waals surface area contributed by atoms with Gasteiger partial charge in [-0.1, -0.05) is 6.07 Å². The van der Waals surface area contributed by atoms with Crippen molar-refractivity contribution >= 4 is 12.0 Å². The molecule has 7 nitrogen and oxygen atoms in total. The van der Waals surface area contributed by atoms with E-state index >= 15 is 0 Å². The standard InChI is InChI=1S/C12H12N2O5/c15-11-8(4-13-11)14(12(16)17)5-7-1-2-9-10(3-7)19-6-18-9/h1-3,8H,4-6H2,(H,13,15)(H,16,17)/t8-/m0/s1. The lowest BCUT2D eigenvalue weighted by atomic mass is 10.1. The van der Waals surface area contributed by atoms with Gasteiger partial charge < -0.3 is 19.9 Å². The molecule has 1 saturated heterocycles. The molecule has 1 fully saturated rings. The van der Waals surface area contributed by atoms with E-state index in [1.807, 2.05) is 0 Å². The molecule has 2 aliphatic rings. The lowest BCUT2D eigenvalue weighted by Crippen LogP contribution is -2.62. The maximum atomic E-state index is 11.3. The number of fused-ring (bicyclic) bond motifs is 1. The average molecular weight is 264 g/mol. The van der Waals surface area contributed by atoms with Gasteiger partial charge in [0, 0.05) is 6.54 Å². The number of carboxylic acid groups (broad SMARTS) is 1. The van der Waals surface area contributed by atoms with Gasteiger partial charge in [-0.25, -0.2) is 4.79 Å². The van der Waals surface area contributed by atoms with Crippen LogP contribution in [-0.2, 0) is 11.3 Å². The van der Waals surface area contributed by atoms with Gasteiger partial charge in [0.1, 0.15) is 6.04 Å². The molecule has 1 aromatic carbocycles. The smallest absolute Gasteiger partial charge is 0.408 e. The lowest BCUT2D eigenvalue weighted by Gasteiger charge is -2.34. The van der Waals surface area contributed by atoms with E-state index in [0.29, 0.717) is 18.0 Å². The van der Waals surface area contributed by atoms with Crippen molar-refractivity contribution in [3.63, 3.8) is 0 Å². The minimum atomic E-state index is -1.11. The van der Waals surface area contributed by atoms with Gasteiger partial charge >= 0.3 is 6.09 Å². The predicted octanol–water partition coefficient (Wildman–Crippen LogP) is 0.394. The first-order chi connectivity index (χ1) is 9.15. The number of ether oxygens (including phenoxy) is 2. The minimum absolute atomic E-state index is 0.143. The Morgan fingerprint density at radius 3 is 2.84 bits per heavy atom. The lowest BCUT2D eigenvalue weighted by molar-refractivity contribution is -0.132. The maximum absolute atomic E-state index is 11.3. The van der Waals surface area contributed by atoms with E-state index < -0.39 is 12.1 Å². The summed E-state index contributed by atoms with van der Waals surface area (Å²) >= 11 is 0. The van der Waals surface area contributed by atoms with Gasteiger partial charge in [0.2, 0.25) is 12.7 Å². The highest BCUT2D eigenvalue weighted by Gasteiger charge is 2.36. The zero-order valence-corrected chi connectivity index (χ0v) is 9.96. The Morgan fingerprint density at radius 1 is 1.42 bits per heavy atom. The largest absolute Gasteiger partial charge is 0.465 e. The van der Waals surface area contributed by atoms with Crippen LogP contribution in [0.3, 0.4) is 0 Å². The highest BCUT2D eigenvalue weighted by molar-refractivity contribution is 5.90. The zero-order chi connectivity index (χ0) is 13.4. The van der Waals surface area contributed by atoms with Crippen LogP contribution in [0.15, 0.2) is 18.2 Å². The van der Waals surface area contributed by atoms with Crippen LogP contribution in [0.1, 0.15) is 5.56 Å². The quantitative estimate of drug-likeness (QED) is 0.771. The third-order valence-corrected chi connectivity index (χ3v) is 3.18. The summed E-state index contributed by atoms with van der Waals surface area (Å²) in [5.41, 5.74) is 0.756. The van der Waals surface area contributed by atoms with Crippen molar-refractivity contribution in [2.75, 3.05) is 13.3 Å². The topological polar surface area (TPSA) is 88.1 Å². The van der Waals surface area contributed by atoms with E-state index in [4.69, 9.17) is 9.47 Å². The van der Waals surface area contributed by atoms with Crippen molar-refractivity contribution in [2.24, 2.45) is 0 Å². The maximum Gasteiger partial charge on any atom is 0.408 e. The number of carbonyl (C=O) groups excluding carboxylic acids is 1. The zero-order valence-electron chi connectivity index (χ0n) is 9.96. The molecule has 19 heavy (non-hydrogen) atoms. The Morgan fingerprint density at radius 2 is 2.21 bits per heavy atom. The molecular formula is C12H12N2O5. The van der Waals surface area contributed by atoms with Crippen LogP contribution in [0.25, 0.3) is 0 Å². The van der Waals surface area contributed by atoms with Crippen molar-refractivity contribution in [3.8, 4) is 11.5 Å². The van der Waals surface area contributed by atoms with Gasteiger partial charge in [0.25, 0.3) is 0 Å². The van der Waals surface area contributed by atoms with E-state index in [1.165, 1.54) is 0 Å². The second kappa shape index (κ2) is 4.34. The van der Waals surface area contributed by atoms with Crippen LogP contribution >= 0.6 is 0 Å². The Bertz CT molecular complexity index is 545. The Kier molecular flexibility index (Phi) is 2.66. The van der Waals surface area contributed by atoms with Gasteiger partial charge in [-0.05, 0) is 17.7 Å². The normalized spacial score (nSPS) is 19.6. The molecule has 2 amide bonds. The van der Waals surface area contributed by atoms with Crippen LogP contribution < -0.4 is 14.8 Å². The summed E-state index contributed by atoms with van der Waals surface area (Å²) in [5, 5.41) is 11.7. The summed E-state index contributed by atoms with van der Waals surface area (Å²) in [6.45, 7) is 0.673. The van der Waals surface area contributed by atoms with Crippen molar-refractivity contribution in [1.29, 1.82) is 0 Å². The van der Waals surface area contributed by atoms with Crippen LogP contribution in [0.5, 0.6) is 11.5 Å². The molecule has 2 heterocycles. The minimum Gasteiger partial charge on any atom is -0.465 e. The van der Waals surface area contributed by atoms with E-state index in [2.05, 4.69) is 5.32 Å². The van der Waals surface area contributed by atoms with Crippen molar-refractivity contribution in [1.82, 2.24) is 10.2 Å². The summed E-state index contributed by atoms with van der Waals surface area (Å²) in [4.78, 5) is 23.6. The molecular weight excluding hydrogens is 252 g/mol. The molecule has 100 valence electrons. The van der Waals surface area contributed by atoms with Crippen molar-refractivity contribution < 1.29 is 24.2 Å². The number of hydrogen-bond donors (Lipinski definition) is 2. The molecule has 0 radical (unpaired) electrons. The number of hydrogen-bond acceptors (Lipinski definition) is 4. The molecule has 0 spiro atoms. The van der Waals surface area contributed by atoms with Crippen LogP contribution in [0, 0.1) is 0 Å². The monoisotopic (exact) mass is 264 g/mol. The molecule has 2 N–H and O–H groups in total. The summed E-state index contributed by atoms with van der Waals surface area (Å²) in [6.07, 6.45) is -1.11. The molecule has 7 heteroatoms. The Balaban J connectivity index is 1.78. The van der Waals surface area contributed by atoms with Crippen molar-refractivity contribution in [3.05, 3.63) is 23.8 Å². The van der Waals surface area contributed by atoms with E-state index in [1.54, 1.807) is 18.2 Å². The number of nitrogens with one attached hydrogen (secondary N) is 1. The molecule has 0 saturated carbocycles. The third-order valence-electron chi connectivity index (χ3n) is 3.18. The summed E-state index contributed by atoms with van der Waals surface area (Å²) in [6, 6.07) is 4.62. The highest BCUT2D eigenvalue weighted by atomic mass is 16.7. The number of amides is 2. The van der Waals surface area contributed by atoms with Crippen LogP contribution in [0.4, 0.5) is 4.79 Å². The second-order valence-corrected chi connectivity index (χ2v) is 4.36. The molecule has 1 aromatic rings. The molecule has 0 unspecified atom stereocenters. The number of benzene rings is 1. The second-order valence-electron chi connectivity index (χ2n) is 4.36. The van der Waals surface area contributed by atoms with Gasteiger partial charge in [0.05, 0.1) is 6.54 Å². The fraction of sp³-hybridized carbons (Fsp3) is 0.333. The first-order valence-electron chi connectivity index (χ1n) is 5.81. The third kappa shape index (κ3) is 2.03. The number of carbonyl (C=O) groups is 2. The molecule has 3 rings (SSSR count). The number of nitrogens with zero attached hydrogens (tertiary/aromatic N) is 1. The Hall–Kier alpha value is -2.44. The molecule has 1 atom stereocenters. The van der Waals surface area contributed by atoms with Gasteiger partial charge in [-0.3, -0.25) is 9.69 Å². The molecule has 0 aliphatic carbocycles. The van der Waals surface area contributed by atoms with E-state index in [9.17, 15) is 14.7 Å². The van der Waals surface area contributed by atoms with Gasteiger partial charge in [-0.15, -0.1) is 0 Å². The highest BCUT2D eigenvalue weighted by Crippen LogP contribution is 2.33. The first kappa shape index (κ1) is 11.6. The van der Waals surface area contributed by atoms with E-state index in [-0.39, 0.29) is 19.2 Å². The van der Waals surface area contributed by atoms with Crippen LogP contribution in [-0.4, -0.2) is 41.4 Å². The Labute approximate surface area is 108 Å². The summed E-state index contributed by atoms with van der Waals surface area (Å²) < 4.78 is 10.4. The summed E-state index contributed by atoms with van der Waals surface area (Å²) in [5.74, 6) is 0.982. The first-order valence-corrected chi connectivity index (χ1v) is 5.81. The fourth-order valence-electron chi connectivity index (χ4n) is 2.08. The average Bonchev–Trinajstić information content (AvgIpc) is 2.83. The molecule has 2 aliphatic heterocycles. The van der Waals surface area contributed by atoms with Crippen LogP contribution in [0.2, 0.25) is 0 Å². The van der Waals surface area contributed by atoms with Gasteiger partial charge in [0.15, 0.2) is 11.5 Å². The summed E-state index contributed by atoms with van der Waals surface area (Å²) in [7, 11) is 0. The predicted molar refractivity (Wildman–Crippen MR) is 62.9 cm³/mol. The number of β-lactam (4-membered cyclic amide) rings is 1. The molecule has 0 bridgehead atoms. The number of rotatable bonds is 3. The molecule has 0 aromatic heterocycles.